The fourth-order valence-electron chi connectivity index (χ4n) is 4.75. The van der Waals surface area contributed by atoms with E-state index in [-0.39, 0.29) is 30.2 Å². The van der Waals surface area contributed by atoms with Crippen molar-refractivity contribution in [3.63, 3.8) is 0 Å². The average molecular weight is 491 g/mol. The van der Waals surface area contributed by atoms with Gasteiger partial charge in [0.25, 0.3) is 5.91 Å². The number of rotatable bonds is 10. The van der Waals surface area contributed by atoms with Crippen LogP contribution in [-0.4, -0.2) is 36.5 Å². The molecular formula is C29H34N2O5. The summed E-state index contributed by atoms with van der Waals surface area (Å²) in [5, 5.41) is 3.23. The molecular weight excluding hydrogens is 456 g/mol. The van der Waals surface area contributed by atoms with Crippen LogP contribution in [0.3, 0.4) is 0 Å². The number of benzene rings is 2. The van der Waals surface area contributed by atoms with Crippen LogP contribution in [0.1, 0.15) is 66.8 Å². The highest BCUT2D eigenvalue weighted by Gasteiger charge is 2.35. The quantitative estimate of drug-likeness (QED) is 0.405. The number of amides is 2. The molecule has 1 heterocycles. The Hall–Kier alpha value is -3.74. The maximum Gasteiger partial charge on any atom is 0.290 e. The second kappa shape index (κ2) is 12.3. The third kappa shape index (κ3) is 6.08. The van der Waals surface area contributed by atoms with E-state index in [1.54, 1.807) is 24.1 Å². The van der Waals surface area contributed by atoms with Gasteiger partial charge in [-0.05, 0) is 55.7 Å². The lowest BCUT2D eigenvalue weighted by atomic mass is 9.94. The fraction of sp³-hybridized carbons (Fsp3) is 0.379. The highest BCUT2D eigenvalue weighted by molar-refractivity contribution is 5.96. The summed E-state index contributed by atoms with van der Waals surface area (Å²) in [5.41, 5.74) is 1.49. The van der Waals surface area contributed by atoms with Crippen molar-refractivity contribution in [1.82, 2.24) is 10.2 Å². The van der Waals surface area contributed by atoms with Crippen molar-refractivity contribution in [3.8, 4) is 11.5 Å². The second-order valence-corrected chi connectivity index (χ2v) is 8.97. The Morgan fingerprint density at radius 2 is 1.78 bits per heavy atom. The predicted molar refractivity (Wildman–Crippen MR) is 137 cm³/mol. The Morgan fingerprint density at radius 1 is 1.03 bits per heavy atom. The lowest BCUT2D eigenvalue weighted by Gasteiger charge is -2.33. The molecule has 3 aromatic rings. The van der Waals surface area contributed by atoms with Crippen LogP contribution >= 0.6 is 0 Å². The SMILES string of the molecule is CCOc1ccc(C(C(=O)NC2CCCCC2)N(Cc2ccccc2OC)C(=O)c2ccco2)cc1. The number of methoxy groups -OCH3 is 1. The first-order chi connectivity index (χ1) is 17.6. The van der Waals surface area contributed by atoms with E-state index in [0.717, 1.165) is 31.2 Å². The lowest BCUT2D eigenvalue weighted by molar-refractivity contribution is -0.127. The molecule has 7 nitrogen and oxygen atoms in total. The molecule has 1 aromatic heterocycles. The largest absolute Gasteiger partial charge is 0.496 e. The topological polar surface area (TPSA) is 81.0 Å². The zero-order valence-corrected chi connectivity index (χ0v) is 20.9. The molecule has 2 amide bonds. The minimum Gasteiger partial charge on any atom is -0.496 e. The monoisotopic (exact) mass is 490 g/mol. The Labute approximate surface area is 212 Å². The molecule has 0 aliphatic heterocycles. The van der Waals surface area contributed by atoms with E-state index in [4.69, 9.17) is 13.9 Å². The van der Waals surface area contributed by atoms with Gasteiger partial charge in [-0.15, -0.1) is 0 Å². The Morgan fingerprint density at radius 3 is 2.44 bits per heavy atom. The van der Waals surface area contributed by atoms with Crippen LogP contribution in [0, 0.1) is 0 Å². The molecule has 0 radical (unpaired) electrons. The van der Waals surface area contributed by atoms with Crippen molar-refractivity contribution >= 4 is 11.8 Å². The van der Waals surface area contributed by atoms with E-state index in [9.17, 15) is 9.59 Å². The van der Waals surface area contributed by atoms with Crippen molar-refractivity contribution in [2.24, 2.45) is 0 Å². The smallest absolute Gasteiger partial charge is 0.290 e. The molecule has 190 valence electrons. The first kappa shape index (κ1) is 25.4. The Kier molecular flexibility index (Phi) is 8.66. The number of nitrogens with zero attached hydrogens (tertiary/aromatic N) is 1. The average Bonchev–Trinajstić information content (AvgIpc) is 3.45. The molecule has 0 saturated heterocycles. The van der Waals surface area contributed by atoms with Gasteiger partial charge in [0.2, 0.25) is 5.91 Å². The molecule has 1 unspecified atom stereocenters. The molecule has 4 rings (SSSR count). The van der Waals surface area contributed by atoms with Gasteiger partial charge < -0.3 is 24.1 Å². The van der Waals surface area contributed by atoms with E-state index in [1.165, 1.54) is 12.7 Å². The molecule has 7 heteroatoms. The van der Waals surface area contributed by atoms with Gasteiger partial charge in [-0.2, -0.15) is 0 Å². The van der Waals surface area contributed by atoms with Gasteiger partial charge in [-0.3, -0.25) is 9.59 Å². The first-order valence-corrected chi connectivity index (χ1v) is 12.6. The van der Waals surface area contributed by atoms with E-state index in [2.05, 4.69) is 5.32 Å². The summed E-state index contributed by atoms with van der Waals surface area (Å²) in [4.78, 5) is 29.2. The normalized spacial score (nSPS) is 14.6. The van der Waals surface area contributed by atoms with E-state index in [1.807, 2.05) is 55.5 Å². The van der Waals surface area contributed by atoms with Crippen LogP contribution in [0.4, 0.5) is 0 Å². The molecule has 1 aliphatic rings. The standard InChI is InChI=1S/C29H34N2O5/c1-3-35-24-17-15-21(16-18-24)27(28(32)30-23-11-5-4-6-12-23)31(29(33)26-14-9-19-36-26)20-22-10-7-8-13-25(22)34-2/h7-10,13-19,23,27H,3-6,11-12,20H2,1-2H3,(H,30,32). The number of nitrogens with one attached hydrogen (secondary N) is 1. The molecule has 36 heavy (non-hydrogen) atoms. The molecule has 1 fully saturated rings. The summed E-state index contributed by atoms with van der Waals surface area (Å²) in [7, 11) is 1.59. The van der Waals surface area contributed by atoms with Gasteiger partial charge >= 0.3 is 0 Å². The van der Waals surface area contributed by atoms with E-state index >= 15 is 0 Å². The third-order valence-electron chi connectivity index (χ3n) is 6.54. The van der Waals surface area contributed by atoms with Gasteiger partial charge in [0.15, 0.2) is 5.76 Å². The van der Waals surface area contributed by atoms with E-state index in [0.29, 0.717) is 23.7 Å². The summed E-state index contributed by atoms with van der Waals surface area (Å²) in [6, 6.07) is 17.4. The molecule has 1 N–H and O–H groups in total. The summed E-state index contributed by atoms with van der Waals surface area (Å²) in [5.74, 6) is 0.949. The number of carbonyl (C=O) groups is 2. The molecule has 1 atom stereocenters. The summed E-state index contributed by atoms with van der Waals surface area (Å²) < 4.78 is 16.6. The maximum absolute atomic E-state index is 13.9. The molecule has 0 bridgehead atoms. The van der Waals surface area contributed by atoms with Gasteiger partial charge in [-0.1, -0.05) is 49.6 Å². The third-order valence-corrected chi connectivity index (χ3v) is 6.54. The number of ether oxygens (including phenoxy) is 2. The highest BCUT2D eigenvalue weighted by Crippen LogP contribution is 2.30. The van der Waals surface area contributed by atoms with Gasteiger partial charge in [0.05, 0.1) is 26.5 Å². The highest BCUT2D eigenvalue weighted by atomic mass is 16.5. The Balaban J connectivity index is 1.74. The molecule has 2 aromatic carbocycles. The second-order valence-electron chi connectivity index (χ2n) is 8.97. The zero-order chi connectivity index (χ0) is 25.3. The first-order valence-electron chi connectivity index (χ1n) is 12.6. The maximum atomic E-state index is 13.9. The number of hydrogen-bond acceptors (Lipinski definition) is 5. The molecule has 0 spiro atoms. The lowest BCUT2D eigenvalue weighted by Crippen LogP contribution is -2.46. The minimum atomic E-state index is -0.870. The van der Waals surface area contributed by atoms with Crippen molar-refractivity contribution in [3.05, 3.63) is 83.8 Å². The molecule has 1 saturated carbocycles. The van der Waals surface area contributed by atoms with Crippen LogP contribution in [0.5, 0.6) is 11.5 Å². The number of furan rings is 1. The van der Waals surface area contributed by atoms with Crippen molar-refractivity contribution < 1.29 is 23.5 Å². The van der Waals surface area contributed by atoms with Gasteiger partial charge in [0.1, 0.15) is 17.5 Å². The summed E-state index contributed by atoms with van der Waals surface area (Å²) >= 11 is 0. The van der Waals surface area contributed by atoms with Crippen LogP contribution in [-0.2, 0) is 11.3 Å². The van der Waals surface area contributed by atoms with Crippen LogP contribution in [0.2, 0.25) is 0 Å². The van der Waals surface area contributed by atoms with Crippen molar-refractivity contribution in [1.29, 1.82) is 0 Å². The molecule has 1 aliphatic carbocycles. The number of carbonyl (C=O) groups excluding carboxylic acids is 2. The zero-order valence-electron chi connectivity index (χ0n) is 20.9. The summed E-state index contributed by atoms with van der Waals surface area (Å²) in [6.07, 6.45) is 6.72. The van der Waals surface area contributed by atoms with E-state index < -0.39 is 6.04 Å². The predicted octanol–water partition coefficient (Wildman–Crippen LogP) is 5.52. The number of para-hydroxylation sites is 1. The van der Waals surface area contributed by atoms with Crippen LogP contribution < -0.4 is 14.8 Å². The Bertz CT molecular complexity index is 1120. The van der Waals surface area contributed by atoms with Crippen LogP contribution in [0.25, 0.3) is 0 Å². The van der Waals surface area contributed by atoms with Gasteiger partial charge in [-0.25, -0.2) is 0 Å². The van der Waals surface area contributed by atoms with Gasteiger partial charge in [0, 0.05) is 11.6 Å². The summed E-state index contributed by atoms with van der Waals surface area (Å²) in [6.45, 7) is 2.63. The van der Waals surface area contributed by atoms with Crippen LogP contribution in [0.15, 0.2) is 71.3 Å². The van der Waals surface area contributed by atoms with Crippen molar-refractivity contribution in [2.45, 2.75) is 57.7 Å². The fourth-order valence-corrected chi connectivity index (χ4v) is 4.75. The minimum absolute atomic E-state index is 0.100. The van der Waals surface area contributed by atoms with Crippen molar-refractivity contribution in [2.75, 3.05) is 13.7 Å². The number of hydrogen-bond donors (Lipinski definition) is 1.